The average Bonchev–Trinajstić information content (AvgIpc) is 3.67. The highest BCUT2D eigenvalue weighted by atomic mass is 35.5. The molecule has 17 heteroatoms. The first-order valence-electron chi connectivity index (χ1n) is 19.5. The summed E-state index contributed by atoms with van der Waals surface area (Å²) in [5.41, 5.74) is 2.45. The lowest BCUT2D eigenvalue weighted by atomic mass is 9.85. The zero-order valence-electron chi connectivity index (χ0n) is 34.4. The first-order chi connectivity index (χ1) is 29.1. The van der Waals surface area contributed by atoms with E-state index in [1.165, 1.54) is 14.2 Å². The number of methoxy groups -OCH3 is 2. The highest BCUT2D eigenvalue weighted by molar-refractivity contribution is 6.37. The molecule has 1 aliphatic rings. The molecule has 3 aromatic carbocycles. The molecule has 0 radical (unpaired) electrons. The van der Waals surface area contributed by atoms with Crippen LogP contribution in [0, 0.1) is 5.92 Å². The normalized spacial score (nSPS) is 15.7. The quantitative estimate of drug-likeness (QED) is 0.116. The van der Waals surface area contributed by atoms with Crippen LogP contribution in [0.4, 0.5) is 25.1 Å². The fourth-order valence-electron chi connectivity index (χ4n) is 7.74. The van der Waals surface area contributed by atoms with E-state index in [0.717, 1.165) is 4.90 Å². The van der Waals surface area contributed by atoms with E-state index in [2.05, 4.69) is 25.0 Å². The van der Waals surface area contributed by atoms with Gasteiger partial charge in [-0.05, 0) is 82.8 Å². The van der Waals surface area contributed by atoms with Crippen molar-refractivity contribution in [1.82, 2.24) is 29.6 Å². The topological polar surface area (TPSA) is 162 Å². The van der Waals surface area contributed by atoms with Gasteiger partial charge in [-0.2, -0.15) is 5.10 Å². The molecule has 6 aromatic rings. The van der Waals surface area contributed by atoms with Crippen molar-refractivity contribution in [3.63, 3.8) is 0 Å². The molecule has 1 N–H and O–H groups in total. The van der Waals surface area contributed by atoms with Gasteiger partial charge in [0.15, 0.2) is 17.9 Å². The molecule has 7 rings (SSSR count). The van der Waals surface area contributed by atoms with Crippen molar-refractivity contribution in [2.75, 3.05) is 26.2 Å². The van der Waals surface area contributed by atoms with Gasteiger partial charge in [0.1, 0.15) is 22.6 Å². The molecule has 1 fully saturated rings. The van der Waals surface area contributed by atoms with E-state index in [1.807, 2.05) is 25.2 Å². The van der Waals surface area contributed by atoms with Gasteiger partial charge in [0.05, 0.1) is 59.3 Å². The van der Waals surface area contributed by atoms with Gasteiger partial charge in [-0.15, -0.1) is 0 Å². The largest absolute Gasteiger partial charge is 0.496 e. The van der Waals surface area contributed by atoms with Crippen LogP contribution in [-0.4, -0.2) is 86.0 Å². The Kier molecular flexibility index (Phi) is 12.2. The summed E-state index contributed by atoms with van der Waals surface area (Å²) in [7, 11) is 4.83. The molecule has 1 aliphatic carbocycles. The lowest BCUT2D eigenvalue weighted by molar-refractivity contribution is -0.143. The smallest absolute Gasteiger partial charge is 0.420 e. The minimum absolute atomic E-state index is 0.0555. The summed E-state index contributed by atoms with van der Waals surface area (Å²) < 4.78 is 47.7. The van der Waals surface area contributed by atoms with E-state index in [4.69, 9.17) is 25.8 Å². The van der Waals surface area contributed by atoms with Gasteiger partial charge in [-0.3, -0.25) is 19.5 Å². The molecule has 0 atom stereocenters. The number of hydrogen-bond acceptors (Lipinski definition) is 11. The average molecular weight is 856 g/mol. The van der Waals surface area contributed by atoms with Gasteiger partial charge in [0, 0.05) is 41.9 Å². The maximum Gasteiger partial charge on any atom is 0.420 e. The predicted molar refractivity (Wildman–Crippen MR) is 226 cm³/mol. The Hall–Kier alpha value is -6.26. The third-order valence-corrected chi connectivity index (χ3v) is 11.1. The molecule has 0 saturated heterocycles. The number of ether oxygens (including phenoxy) is 3. The van der Waals surface area contributed by atoms with Crippen LogP contribution in [0.15, 0.2) is 67.0 Å². The van der Waals surface area contributed by atoms with E-state index < -0.39 is 29.9 Å². The Balaban J connectivity index is 1.32. The molecule has 14 nitrogen and oxygen atoms in total. The van der Waals surface area contributed by atoms with Gasteiger partial charge in [0.25, 0.3) is 6.43 Å². The first kappa shape index (κ1) is 42.8. The fraction of sp³-hybridized carbons (Fsp3) is 0.341. The van der Waals surface area contributed by atoms with Crippen LogP contribution < -0.4 is 14.4 Å². The number of anilines is 2. The Morgan fingerprint density at radius 1 is 0.984 bits per heavy atom. The van der Waals surface area contributed by atoms with Crippen LogP contribution in [0.3, 0.4) is 0 Å². The number of rotatable bonds is 12. The first-order valence-corrected chi connectivity index (χ1v) is 19.9. The summed E-state index contributed by atoms with van der Waals surface area (Å²) in [6, 6.07) is 15.6. The van der Waals surface area contributed by atoms with Crippen molar-refractivity contribution in [2.24, 2.45) is 5.92 Å². The molecule has 0 aliphatic heterocycles. The highest BCUT2D eigenvalue weighted by Crippen LogP contribution is 2.43. The highest BCUT2D eigenvalue weighted by Gasteiger charge is 2.33. The molecule has 3 aromatic heterocycles. The van der Waals surface area contributed by atoms with Crippen LogP contribution in [-0.2, 0) is 16.1 Å². The van der Waals surface area contributed by atoms with Crippen molar-refractivity contribution in [3.05, 3.63) is 89.0 Å². The Morgan fingerprint density at radius 2 is 1.66 bits per heavy atom. The number of amides is 1. The molecule has 1 saturated carbocycles. The number of nitrogens with zero attached hydrogens (tertiary/aromatic N) is 7. The van der Waals surface area contributed by atoms with Gasteiger partial charge >= 0.3 is 12.1 Å². The van der Waals surface area contributed by atoms with Crippen molar-refractivity contribution in [1.29, 1.82) is 0 Å². The van der Waals surface area contributed by atoms with E-state index in [-0.39, 0.29) is 45.1 Å². The molecule has 0 bridgehead atoms. The molecule has 0 spiro atoms. The Morgan fingerprint density at radius 3 is 2.28 bits per heavy atom. The number of pyridine rings is 1. The molecule has 61 heavy (non-hydrogen) atoms. The molecular formula is C44H44ClF2N7O7. The number of aldehydes is 1. The van der Waals surface area contributed by atoms with E-state index in [0.29, 0.717) is 83.3 Å². The number of carboxylic acids is 1. The predicted octanol–water partition coefficient (Wildman–Crippen LogP) is 9.60. The van der Waals surface area contributed by atoms with Gasteiger partial charge in [0.2, 0.25) is 0 Å². The Bertz CT molecular complexity index is 2620. The molecule has 318 valence electrons. The van der Waals surface area contributed by atoms with Crippen molar-refractivity contribution >= 4 is 63.4 Å². The summed E-state index contributed by atoms with van der Waals surface area (Å²) in [6.45, 7) is 5.42. The summed E-state index contributed by atoms with van der Waals surface area (Å²) in [5, 5.41) is 14.8. The lowest BCUT2D eigenvalue weighted by Crippen LogP contribution is -2.36. The van der Waals surface area contributed by atoms with E-state index in [9.17, 15) is 28.3 Å². The number of halogens is 3. The minimum atomic E-state index is -3.11. The number of hydrogen-bond donors (Lipinski definition) is 1. The van der Waals surface area contributed by atoms with Crippen molar-refractivity contribution in [3.8, 4) is 28.3 Å². The number of aliphatic carboxylic acids is 1. The fourth-order valence-corrected chi connectivity index (χ4v) is 8.06. The second-order valence-corrected chi connectivity index (χ2v) is 16.2. The second-order valence-electron chi connectivity index (χ2n) is 15.8. The monoisotopic (exact) mass is 855 g/mol. The number of alkyl halides is 2. The van der Waals surface area contributed by atoms with Crippen LogP contribution >= 0.6 is 11.6 Å². The van der Waals surface area contributed by atoms with Crippen molar-refractivity contribution < 1.29 is 42.5 Å². The zero-order valence-corrected chi connectivity index (χ0v) is 35.1. The third kappa shape index (κ3) is 8.68. The molecule has 0 unspecified atom stereocenters. The SMILES string of the molecule is COc1cc(-n2ncc3c(-c4cccc(N(C(=O)OC(C)(C)C)c5nc(C(F)F)nc6cc(CN(C)C7CCC(C(=O)O)CC7)cnc56)c4Cl)cccc32)cc(OC)c1C=O. The van der Waals surface area contributed by atoms with Crippen LogP contribution in [0.2, 0.25) is 5.02 Å². The summed E-state index contributed by atoms with van der Waals surface area (Å²) in [4.78, 5) is 53.8. The summed E-state index contributed by atoms with van der Waals surface area (Å²) in [5.74, 6) is -1.64. The van der Waals surface area contributed by atoms with Gasteiger partial charge in [-0.1, -0.05) is 35.9 Å². The molecule has 1 amide bonds. The number of fused-ring (bicyclic) bond motifs is 2. The number of benzene rings is 3. The lowest BCUT2D eigenvalue weighted by Gasteiger charge is -2.33. The number of carbonyl (C=O) groups excluding carboxylic acids is 2. The van der Waals surface area contributed by atoms with Gasteiger partial charge in [-0.25, -0.2) is 33.1 Å². The molecule has 3 heterocycles. The van der Waals surface area contributed by atoms with E-state index in [1.54, 1.807) is 74.2 Å². The third-order valence-electron chi connectivity index (χ3n) is 10.7. The zero-order chi connectivity index (χ0) is 43.7. The van der Waals surface area contributed by atoms with Crippen LogP contribution in [0.1, 0.15) is 74.6 Å². The summed E-state index contributed by atoms with van der Waals surface area (Å²) >= 11 is 7.28. The number of carbonyl (C=O) groups is 3. The maximum atomic E-state index is 14.6. The second kappa shape index (κ2) is 17.4. The Labute approximate surface area is 355 Å². The number of aromatic nitrogens is 5. The van der Waals surface area contributed by atoms with Crippen molar-refractivity contribution in [2.45, 2.75) is 71.1 Å². The van der Waals surface area contributed by atoms with Gasteiger partial charge < -0.3 is 19.3 Å². The maximum absolute atomic E-state index is 14.6. The minimum Gasteiger partial charge on any atom is -0.496 e. The van der Waals surface area contributed by atoms with E-state index >= 15 is 0 Å². The van der Waals surface area contributed by atoms with Crippen LogP contribution in [0.25, 0.3) is 38.8 Å². The number of carboxylic acid groups (broad SMARTS) is 1. The van der Waals surface area contributed by atoms with Crippen LogP contribution in [0.5, 0.6) is 11.5 Å². The summed E-state index contributed by atoms with van der Waals surface area (Å²) in [6.07, 6.45) is 2.39. The molecular weight excluding hydrogens is 812 g/mol. The standard InChI is InChI=1S/C44H44ClF2N7O7/c1-44(2,3)61-43(58)53(41-38-32(50-40(51-41)39(46)47)17-24(20-48-38)22-52(4)26-15-13-25(14-16-26)42(56)57)34-12-8-10-29(37(34)45)28-9-7-11-33-30(28)21-49-54(33)27-18-35(59-5)31(23-55)36(19-27)60-6/h7-12,17-21,23,25-26,39H,13-16,22H2,1-6H3,(H,56,57).